The smallest absolute Gasteiger partial charge is 0.200 e. The molecule has 7 rings (SSSR count). The molecule has 6 aromatic rings. The van der Waals surface area contributed by atoms with Crippen LogP contribution in [0.25, 0.3) is 0 Å². The third kappa shape index (κ3) is 5.46. The van der Waals surface area contributed by atoms with Crippen LogP contribution in [0.3, 0.4) is 0 Å². The molecule has 46 heavy (non-hydrogen) atoms. The van der Waals surface area contributed by atoms with E-state index in [2.05, 4.69) is 10.6 Å². The van der Waals surface area contributed by atoms with Crippen LogP contribution in [0.2, 0.25) is 0 Å². The molecule has 8 nitrogen and oxygen atoms in total. The molecule has 0 saturated heterocycles. The van der Waals surface area contributed by atoms with E-state index in [1.807, 2.05) is 60.7 Å². The number of ether oxygens (including phenoxy) is 2. The van der Waals surface area contributed by atoms with Crippen LogP contribution in [0.1, 0.15) is 31.8 Å². The third-order valence-electron chi connectivity index (χ3n) is 7.50. The molecule has 0 spiro atoms. The maximum atomic E-state index is 14.0. The Kier molecular flexibility index (Phi) is 7.28. The number of hydrogen-bond acceptors (Lipinski definition) is 8. The highest BCUT2D eigenvalue weighted by Gasteiger charge is 2.38. The van der Waals surface area contributed by atoms with Crippen LogP contribution in [-0.4, -0.2) is 21.8 Å². The number of phenolic OH excluding ortho intramolecular Hbond substituents is 2. The van der Waals surface area contributed by atoms with Crippen LogP contribution in [0.15, 0.2) is 133 Å². The van der Waals surface area contributed by atoms with Crippen molar-refractivity contribution in [2.24, 2.45) is 0 Å². The second-order valence-corrected chi connectivity index (χ2v) is 10.6. The molecule has 224 valence electrons. The molecule has 0 aliphatic heterocycles. The third-order valence-corrected chi connectivity index (χ3v) is 7.50. The minimum atomic E-state index is -0.597. The average Bonchev–Trinajstić information content (AvgIpc) is 3.08. The predicted octanol–water partition coefficient (Wildman–Crippen LogP) is 8.95. The van der Waals surface area contributed by atoms with Crippen molar-refractivity contribution in [2.45, 2.75) is 0 Å². The summed E-state index contributed by atoms with van der Waals surface area (Å²) in [5, 5.41) is 28.0. The van der Waals surface area contributed by atoms with E-state index in [4.69, 9.17) is 9.47 Å². The second kappa shape index (κ2) is 11.9. The largest absolute Gasteiger partial charge is 0.507 e. The molecule has 4 N–H and O–H groups in total. The summed E-state index contributed by atoms with van der Waals surface area (Å²) < 4.78 is 11.7. The number of para-hydroxylation sites is 2. The number of benzene rings is 6. The van der Waals surface area contributed by atoms with E-state index in [1.165, 1.54) is 24.3 Å². The molecule has 0 fully saturated rings. The first-order valence-electron chi connectivity index (χ1n) is 14.5. The zero-order chi connectivity index (χ0) is 31.6. The number of carbonyl (C=O) groups is 2. The van der Waals surface area contributed by atoms with Gasteiger partial charge >= 0.3 is 0 Å². The van der Waals surface area contributed by atoms with Gasteiger partial charge in [-0.25, -0.2) is 0 Å². The van der Waals surface area contributed by atoms with Crippen LogP contribution in [0.5, 0.6) is 34.5 Å². The number of phenols is 2. The van der Waals surface area contributed by atoms with Gasteiger partial charge in [0.15, 0.2) is 0 Å². The summed E-state index contributed by atoms with van der Waals surface area (Å²) in [4.78, 5) is 28.0. The number of ketones is 2. The molecule has 0 heterocycles. The van der Waals surface area contributed by atoms with Gasteiger partial charge in [0.25, 0.3) is 0 Å². The molecule has 0 saturated carbocycles. The Bertz CT molecular complexity index is 1930. The normalized spacial score (nSPS) is 11.7. The molecule has 1 aliphatic rings. The lowest BCUT2D eigenvalue weighted by atomic mass is 9.81. The fourth-order valence-corrected chi connectivity index (χ4v) is 5.35. The molecular weight excluding hydrogens is 580 g/mol. The van der Waals surface area contributed by atoms with Gasteiger partial charge in [0, 0.05) is 11.4 Å². The molecule has 0 amide bonds. The summed E-state index contributed by atoms with van der Waals surface area (Å²) in [7, 11) is 0. The summed E-state index contributed by atoms with van der Waals surface area (Å²) in [5.74, 6) is 0.754. The number of hydrogen-bond donors (Lipinski definition) is 4. The van der Waals surface area contributed by atoms with E-state index in [1.54, 1.807) is 48.5 Å². The van der Waals surface area contributed by atoms with Crippen LogP contribution >= 0.6 is 0 Å². The molecule has 0 bridgehead atoms. The summed E-state index contributed by atoms with van der Waals surface area (Å²) in [5.41, 5.74) is 1.51. The predicted molar refractivity (Wildman–Crippen MR) is 176 cm³/mol. The average molecular weight is 607 g/mol. The van der Waals surface area contributed by atoms with Crippen molar-refractivity contribution in [1.29, 1.82) is 0 Å². The van der Waals surface area contributed by atoms with Gasteiger partial charge in [0.1, 0.15) is 34.5 Å². The summed E-state index contributed by atoms with van der Waals surface area (Å²) >= 11 is 0. The number of fused-ring (bicyclic) bond motifs is 2. The van der Waals surface area contributed by atoms with Gasteiger partial charge in [0.05, 0.1) is 33.6 Å². The molecular formula is C38H26N2O6. The lowest BCUT2D eigenvalue weighted by molar-refractivity contribution is 0.0975. The Morgan fingerprint density at radius 3 is 1.11 bits per heavy atom. The second-order valence-electron chi connectivity index (χ2n) is 10.6. The quantitative estimate of drug-likeness (QED) is 0.127. The highest BCUT2D eigenvalue weighted by Crippen LogP contribution is 2.43. The van der Waals surface area contributed by atoms with Crippen LogP contribution in [0.4, 0.5) is 22.7 Å². The van der Waals surface area contributed by atoms with Crippen molar-refractivity contribution in [3.8, 4) is 34.5 Å². The van der Waals surface area contributed by atoms with E-state index in [9.17, 15) is 19.8 Å². The van der Waals surface area contributed by atoms with Crippen molar-refractivity contribution < 1.29 is 29.3 Å². The Morgan fingerprint density at radius 1 is 0.391 bits per heavy atom. The number of rotatable bonds is 8. The minimum absolute atomic E-state index is 0.0306. The van der Waals surface area contributed by atoms with E-state index >= 15 is 0 Å². The van der Waals surface area contributed by atoms with E-state index in [0.29, 0.717) is 45.7 Å². The van der Waals surface area contributed by atoms with E-state index < -0.39 is 11.6 Å². The number of nitrogens with one attached hydrogen (secondary N) is 2. The molecule has 0 aromatic heterocycles. The Labute approximate surface area is 264 Å². The molecule has 0 radical (unpaired) electrons. The lowest BCUT2D eigenvalue weighted by Gasteiger charge is -2.24. The standard InChI is InChI=1S/C38H26N2O6/c41-31-21-19-29(39-23-11-15-27(16-12-23)45-25-7-3-1-4-8-25)33-35(31)38(44)34-30(20-22-32(42)36(34)37(33)43)40-24-13-17-28(18-14-24)46-26-9-5-2-6-10-26/h1-22,39-42H. The number of aromatic hydroxyl groups is 2. The Balaban J connectivity index is 1.17. The van der Waals surface area contributed by atoms with Crippen LogP contribution in [-0.2, 0) is 0 Å². The lowest BCUT2D eigenvalue weighted by Crippen LogP contribution is -2.23. The fraction of sp³-hybridized carbons (Fsp3) is 0. The van der Waals surface area contributed by atoms with E-state index in [0.717, 1.165) is 0 Å². The zero-order valence-electron chi connectivity index (χ0n) is 24.2. The number of carbonyl (C=O) groups excluding carboxylic acids is 2. The highest BCUT2D eigenvalue weighted by atomic mass is 16.5. The first-order valence-corrected chi connectivity index (χ1v) is 14.5. The summed E-state index contributed by atoms with van der Waals surface area (Å²) in [6, 6.07) is 38.7. The highest BCUT2D eigenvalue weighted by molar-refractivity contribution is 6.33. The first kappa shape index (κ1) is 28.2. The van der Waals surface area contributed by atoms with Gasteiger partial charge in [0.2, 0.25) is 11.6 Å². The van der Waals surface area contributed by atoms with Gasteiger partial charge in [-0.3, -0.25) is 9.59 Å². The van der Waals surface area contributed by atoms with E-state index in [-0.39, 0.29) is 33.8 Å². The first-order chi connectivity index (χ1) is 22.4. The van der Waals surface area contributed by atoms with Crippen molar-refractivity contribution in [2.75, 3.05) is 10.6 Å². The zero-order valence-corrected chi connectivity index (χ0v) is 24.2. The topological polar surface area (TPSA) is 117 Å². The summed E-state index contributed by atoms with van der Waals surface area (Å²) in [6.45, 7) is 0. The minimum Gasteiger partial charge on any atom is -0.507 e. The van der Waals surface area contributed by atoms with Gasteiger partial charge in [-0.05, 0) is 97.1 Å². The Morgan fingerprint density at radius 2 is 0.739 bits per heavy atom. The van der Waals surface area contributed by atoms with Crippen molar-refractivity contribution in [3.63, 3.8) is 0 Å². The van der Waals surface area contributed by atoms with Gasteiger partial charge < -0.3 is 30.3 Å². The van der Waals surface area contributed by atoms with Crippen molar-refractivity contribution in [3.05, 3.63) is 156 Å². The SMILES string of the molecule is O=C1c2c(O)ccc(Nc3ccc(Oc4ccccc4)cc3)c2C(=O)c2c(O)ccc(Nc3ccc(Oc4ccccc4)cc3)c21. The van der Waals surface area contributed by atoms with Gasteiger partial charge in [-0.15, -0.1) is 0 Å². The van der Waals surface area contributed by atoms with Gasteiger partial charge in [-0.2, -0.15) is 0 Å². The fourth-order valence-electron chi connectivity index (χ4n) is 5.35. The monoisotopic (exact) mass is 606 g/mol. The molecule has 0 unspecified atom stereocenters. The van der Waals surface area contributed by atoms with Crippen LogP contribution < -0.4 is 20.1 Å². The maximum absolute atomic E-state index is 14.0. The molecule has 0 atom stereocenters. The number of anilines is 4. The van der Waals surface area contributed by atoms with Crippen molar-refractivity contribution in [1.82, 2.24) is 0 Å². The molecule has 1 aliphatic carbocycles. The molecule has 8 heteroatoms. The maximum Gasteiger partial charge on any atom is 0.200 e. The Hall–Kier alpha value is -6.54. The van der Waals surface area contributed by atoms with Gasteiger partial charge in [-0.1, -0.05) is 36.4 Å². The summed E-state index contributed by atoms with van der Waals surface area (Å²) in [6.07, 6.45) is 0. The van der Waals surface area contributed by atoms with Crippen molar-refractivity contribution >= 4 is 34.3 Å². The molecule has 6 aromatic carbocycles. The van der Waals surface area contributed by atoms with Crippen LogP contribution in [0, 0.1) is 0 Å².